The van der Waals surface area contributed by atoms with E-state index in [0.717, 1.165) is 42.7 Å². The van der Waals surface area contributed by atoms with E-state index in [9.17, 15) is 0 Å². The van der Waals surface area contributed by atoms with Gasteiger partial charge in [0, 0.05) is 50.5 Å². The minimum Gasteiger partial charge on any atom is -0.393 e. The molecule has 1 saturated heterocycles. The zero-order valence-electron chi connectivity index (χ0n) is 14.3. The summed E-state index contributed by atoms with van der Waals surface area (Å²) in [5.74, 6) is 1.43. The fourth-order valence-electron chi connectivity index (χ4n) is 2.90. The quantitative estimate of drug-likeness (QED) is 0.762. The van der Waals surface area contributed by atoms with Crippen molar-refractivity contribution in [2.24, 2.45) is 0 Å². The first kappa shape index (κ1) is 17.6. The second kappa shape index (κ2) is 8.22. The molecule has 0 saturated carbocycles. The monoisotopic (exact) mass is 362 g/mol. The lowest BCUT2D eigenvalue weighted by Crippen LogP contribution is -2.47. The minimum atomic E-state index is 0.579. The molecule has 2 heterocycles. The third-order valence-corrected chi connectivity index (χ3v) is 4.45. The first-order valence-electron chi connectivity index (χ1n) is 8.28. The van der Waals surface area contributed by atoms with E-state index in [1.54, 1.807) is 13.4 Å². The van der Waals surface area contributed by atoms with Crippen LogP contribution in [0.4, 0.5) is 23.0 Å². The summed E-state index contributed by atoms with van der Waals surface area (Å²) in [6.07, 6.45) is 1.55. The van der Waals surface area contributed by atoms with Crippen molar-refractivity contribution in [2.75, 3.05) is 67.3 Å². The number of nitrogens with two attached hydrogens (primary N) is 1. The lowest BCUT2D eigenvalue weighted by molar-refractivity contribution is 0.210. The predicted octanol–water partition coefficient (Wildman–Crippen LogP) is 2.10. The first-order chi connectivity index (χ1) is 12.2. The van der Waals surface area contributed by atoms with Crippen molar-refractivity contribution in [3.05, 3.63) is 35.6 Å². The summed E-state index contributed by atoms with van der Waals surface area (Å²) in [6, 6.07) is 7.94. The van der Waals surface area contributed by atoms with E-state index in [4.69, 9.17) is 22.1 Å². The molecule has 0 spiro atoms. The molecule has 0 atom stereocenters. The maximum absolute atomic E-state index is 6.26. The SMILES string of the molecule is COCCNc1ncnc(N2CCN(c3cccc(Cl)c3)CC2)c1N. The Morgan fingerprint density at radius 3 is 2.68 bits per heavy atom. The molecule has 0 amide bonds. The minimum absolute atomic E-state index is 0.579. The molecule has 0 aliphatic carbocycles. The fourth-order valence-corrected chi connectivity index (χ4v) is 3.08. The number of hydrogen-bond donors (Lipinski definition) is 2. The lowest BCUT2D eigenvalue weighted by atomic mass is 10.2. The van der Waals surface area contributed by atoms with Crippen molar-refractivity contribution in [2.45, 2.75) is 0 Å². The highest BCUT2D eigenvalue weighted by atomic mass is 35.5. The summed E-state index contributed by atoms with van der Waals surface area (Å²) >= 11 is 6.09. The third-order valence-electron chi connectivity index (χ3n) is 4.21. The zero-order valence-corrected chi connectivity index (χ0v) is 15.0. The van der Waals surface area contributed by atoms with Gasteiger partial charge in [0.15, 0.2) is 11.6 Å². The summed E-state index contributed by atoms with van der Waals surface area (Å²) in [6.45, 7) is 4.69. The number of piperazine rings is 1. The molecule has 1 fully saturated rings. The Hall–Kier alpha value is -2.25. The van der Waals surface area contributed by atoms with Crippen molar-refractivity contribution in [3.63, 3.8) is 0 Å². The van der Waals surface area contributed by atoms with Gasteiger partial charge in [-0.3, -0.25) is 0 Å². The van der Waals surface area contributed by atoms with Gasteiger partial charge >= 0.3 is 0 Å². The van der Waals surface area contributed by atoms with Gasteiger partial charge in [-0.25, -0.2) is 9.97 Å². The third kappa shape index (κ3) is 4.24. The number of halogens is 1. The number of anilines is 4. The van der Waals surface area contributed by atoms with Crippen LogP contribution in [0.25, 0.3) is 0 Å². The van der Waals surface area contributed by atoms with E-state index < -0.39 is 0 Å². The van der Waals surface area contributed by atoms with Crippen LogP contribution in [-0.4, -0.2) is 56.4 Å². The molecular weight excluding hydrogens is 340 g/mol. The van der Waals surface area contributed by atoms with E-state index in [1.807, 2.05) is 18.2 Å². The van der Waals surface area contributed by atoms with Crippen LogP contribution < -0.4 is 20.9 Å². The van der Waals surface area contributed by atoms with Crippen LogP contribution in [0.2, 0.25) is 5.02 Å². The van der Waals surface area contributed by atoms with Crippen LogP contribution in [0.3, 0.4) is 0 Å². The predicted molar refractivity (Wildman–Crippen MR) is 103 cm³/mol. The Bertz CT molecular complexity index is 705. The largest absolute Gasteiger partial charge is 0.393 e. The molecule has 8 heteroatoms. The van der Waals surface area contributed by atoms with Crippen molar-refractivity contribution in [3.8, 4) is 0 Å². The van der Waals surface area contributed by atoms with Crippen LogP contribution in [-0.2, 0) is 4.74 Å². The first-order valence-corrected chi connectivity index (χ1v) is 8.65. The maximum Gasteiger partial charge on any atom is 0.157 e. The summed E-state index contributed by atoms with van der Waals surface area (Å²) in [4.78, 5) is 13.1. The topological polar surface area (TPSA) is 79.5 Å². The molecule has 2 aromatic rings. The van der Waals surface area contributed by atoms with Gasteiger partial charge in [0.2, 0.25) is 0 Å². The number of nitrogens with one attached hydrogen (secondary N) is 1. The van der Waals surface area contributed by atoms with Gasteiger partial charge in [-0.05, 0) is 18.2 Å². The van der Waals surface area contributed by atoms with Crippen LogP contribution in [0.1, 0.15) is 0 Å². The normalized spacial score (nSPS) is 14.6. The number of hydrogen-bond acceptors (Lipinski definition) is 7. The second-order valence-corrected chi connectivity index (χ2v) is 6.27. The van der Waals surface area contributed by atoms with E-state index in [-0.39, 0.29) is 0 Å². The number of nitrogen functional groups attached to an aromatic ring is 1. The molecule has 3 rings (SSSR count). The van der Waals surface area contributed by atoms with E-state index >= 15 is 0 Å². The Morgan fingerprint density at radius 1 is 1.20 bits per heavy atom. The Morgan fingerprint density at radius 2 is 1.96 bits per heavy atom. The Labute approximate surface area is 152 Å². The number of ether oxygens (including phenoxy) is 1. The highest BCUT2D eigenvalue weighted by molar-refractivity contribution is 6.30. The van der Waals surface area contributed by atoms with E-state index in [2.05, 4.69) is 31.2 Å². The average molecular weight is 363 g/mol. The van der Waals surface area contributed by atoms with Crippen LogP contribution >= 0.6 is 11.6 Å². The molecular formula is C17H23ClN6O. The number of methoxy groups -OCH3 is 1. The molecule has 1 aliphatic rings. The molecule has 0 radical (unpaired) electrons. The standard InChI is InChI=1S/C17H23ClN6O/c1-25-10-5-20-16-15(19)17(22-12-21-16)24-8-6-23(7-9-24)14-4-2-3-13(18)11-14/h2-4,11-12H,5-10,19H2,1H3,(H,20,21,22). The van der Waals surface area contributed by atoms with Crippen molar-refractivity contribution >= 4 is 34.6 Å². The number of nitrogens with zero attached hydrogens (tertiary/aromatic N) is 4. The van der Waals surface area contributed by atoms with E-state index in [1.165, 1.54) is 0 Å². The number of benzene rings is 1. The highest BCUT2D eigenvalue weighted by Crippen LogP contribution is 2.28. The van der Waals surface area contributed by atoms with Gasteiger partial charge in [0.1, 0.15) is 12.0 Å². The lowest BCUT2D eigenvalue weighted by Gasteiger charge is -2.37. The van der Waals surface area contributed by atoms with Gasteiger partial charge in [0.05, 0.1) is 6.61 Å². The molecule has 1 aromatic carbocycles. The second-order valence-electron chi connectivity index (χ2n) is 5.83. The van der Waals surface area contributed by atoms with Crippen molar-refractivity contribution in [1.82, 2.24) is 9.97 Å². The fraction of sp³-hybridized carbons (Fsp3) is 0.412. The van der Waals surface area contributed by atoms with Gasteiger partial charge in [-0.2, -0.15) is 0 Å². The molecule has 0 bridgehead atoms. The van der Waals surface area contributed by atoms with Crippen LogP contribution in [0.15, 0.2) is 30.6 Å². The summed E-state index contributed by atoms with van der Waals surface area (Å²) < 4.78 is 5.04. The molecule has 1 aliphatic heterocycles. The Balaban J connectivity index is 1.65. The summed E-state index contributed by atoms with van der Waals surface area (Å²) in [5, 5.41) is 3.94. The number of rotatable bonds is 6. The molecule has 1 aromatic heterocycles. The van der Waals surface area contributed by atoms with Crippen LogP contribution in [0.5, 0.6) is 0 Å². The van der Waals surface area contributed by atoms with Gasteiger partial charge < -0.3 is 25.6 Å². The number of aromatic nitrogens is 2. The van der Waals surface area contributed by atoms with Crippen molar-refractivity contribution in [1.29, 1.82) is 0 Å². The molecule has 3 N–H and O–H groups in total. The van der Waals surface area contributed by atoms with Crippen molar-refractivity contribution < 1.29 is 4.74 Å². The molecule has 25 heavy (non-hydrogen) atoms. The van der Waals surface area contributed by atoms with Gasteiger partial charge in [-0.1, -0.05) is 17.7 Å². The van der Waals surface area contributed by atoms with Gasteiger partial charge in [0.25, 0.3) is 0 Å². The summed E-state index contributed by atoms with van der Waals surface area (Å²) in [7, 11) is 1.66. The summed E-state index contributed by atoms with van der Waals surface area (Å²) in [5.41, 5.74) is 7.98. The smallest absolute Gasteiger partial charge is 0.157 e. The average Bonchev–Trinajstić information content (AvgIpc) is 2.63. The van der Waals surface area contributed by atoms with Gasteiger partial charge in [-0.15, -0.1) is 0 Å². The van der Waals surface area contributed by atoms with E-state index in [0.29, 0.717) is 24.7 Å². The molecule has 7 nitrogen and oxygen atoms in total. The highest BCUT2D eigenvalue weighted by Gasteiger charge is 2.21. The Kier molecular flexibility index (Phi) is 5.78. The zero-order chi connectivity index (χ0) is 17.6. The van der Waals surface area contributed by atoms with Crippen LogP contribution in [0, 0.1) is 0 Å². The molecule has 134 valence electrons. The molecule has 0 unspecified atom stereocenters. The maximum atomic E-state index is 6.26.